The van der Waals surface area contributed by atoms with E-state index in [1.807, 2.05) is 6.92 Å². The third-order valence-electron chi connectivity index (χ3n) is 2.96. The SMILES string of the molecule is C[C-]=C[C@@H](C)CO[Si](C)(C)C(C)(C)C.[Zn+][Br]. The minimum absolute atomic E-state index is 0.312. The summed E-state index contributed by atoms with van der Waals surface area (Å²) in [4.78, 5) is 0. The van der Waals surface area contributed by atoms with E-state index in [1.165, 1.54) is 16.3 Å². The van der Waals surface area contributed by atoms with Gasteiger partial charge in [0.05, 0.1) is 0 Å². The second kappa shape index (κ2) is 9.02. The molecule has 0 rings (SSSR count). The zero-order valence-electron chi connectivity index (χ0n) is 11.9. The first-order valence-electron chi connectivity index (χ1n) is 5.62. The Morgan fingerprint density at radius 2 is 1.81 bits per heavy atom. The van der Waals surface area contributed by atoms with Crippen molar-refractivity contribution in [2.24, 2.45) is 5.92 Å². The van der Waals surface area contributed by atoms with E-state index in [9.17, 15) is 0 Å². The van der Waals surface area contributed by atoms with Crippen LogP contribution in [0, 0.1) is 12.0 Å². The molecule has 0 fully saturated rings. The van der Waals surface area contributed by atoms with Crippen molar-refractivity contribution in [3.05, 3.63) is 12.2 Å². The summed E-state index contributed by atoms with van der Waals surface area (Å²) in [6.07, 6.45) is 5.13. The van der Waals surface area contributed by atoms with E-state index in [-0.39, 0.29) is 0 Å². The normalized spacial score (nSPS) is 14.6. The fraction of sp³-hybridized carbons (Fsp3) is 0.833. The number of rotatable bonds is 4. The molecule has 0 aliphatic heterocycles. The molecule has 0 aliphatic rings. The van der Waals surface area contributed by atoms with E-state index in [0.29, 0.717) is 11.0 Å². The Hall–Kier alpha value is 1.02. The van der Waals surface area contributed by atoms with Crippen molar-refractivity contribution in [3.63, 3.8) is 0 Å². The van der Waals surface area contributed by atoms with Crippen molar-refractivity contribution < 1.29 is 20.8 Å². The summed E-state index contributed by atoms with van der Waals surface area (Å²) >= 11 is 4.25. The van der Waals surface area contributed by atoms with Crippen molar-refractivity contribution >= 4 is 21.9 Å². The summed E-state index contributed by atoms with van der Waals surface area (Å²) < 4.78 is 6.08. The van der Waals surface area contributed by atoms with Gasteiger partial charge >= 0.3 is 30.0 Å². The van der Waals surface area contributed by atoms with E-state index in [4.69, 9.17) is 4.43 Å². The summed E-state index contributed by atoms with van der Waals surface area (Å²) in [5, 5.41) is 0.312. The first-order chi connectivity index (χ1) is 7.20. The Kier molecular flexibility index (Phi) is 10.9. The van der Waals surface area contributed by atoms with Crippen molar-refractivity contribution in [2.45, 2.75) is 52.8 Å². The summed E-state index contributed by atoms with van der Waals surface area (Å²) in [7, 11) is -1.54. The molecule has 0 spiro atoms. The summed E-state index contributed by atoms with van der Waals surface area (Å²) in [5.74, 6) is 0.481. The van der Waals surface area contributed by atoms with E-state index in [0.717, 1.165) is 6.61 Å². The summed E-state index contributed by atoms with van der Waals surface area (Å²) in [6, 6.07) is 0. The van der Waals surface area contributed by atoms with Crippen LogP contribution in [0.1, 0.15) is 34.6 Å². The Morgan fingerprint density at radius 3 is 2.12 bits per heavy atom. The number of hydrogen-bond donors (Lipinski definition) is 0. The van der Waals surface area contributed by atoms with Crippen molar-refractivity contribution in [3.8, 4) is 0 Å². The van der Waals surface area contributed by atoms with Crippen LogP contribution in [-0.2, 0) is 20.8 Å². The molecule has 0 saturated carbocycles. The third kappa shape index (κ3) is 8.16. The number of halogens is 1. The molecule has 0 bridgehead atoms. The molecule has 92 valence electrons. The van der Waals surface area contributed by atoms with Gasteiger partial charge in [-0.25, -0.2) is 0 Å². The molecular formula is C12H25BrOSiZn. The molecule has 0 aliphatic carbocycles. The Morgan fingerprint density at radius 1 is 1.38 bits per heavy atom. The average molecular weight is 359 g/mol. The van der Waals surface area contributed by atoms with Crippen LogP contribution >= 0.6 is 13.6 Å². The van der Waals surface area contributed by atoms with Gasteiger partial charge in [-0.15, -0.1) is 0 Å². The molecule has 0 amide bonds. The van der Waals surface area contributed by atoms with Gasteiger partial charge < -0.3 is 10.5 Å². The van der Waals surface area contributed by atoms with Crippen LogP contribution in [0.15, 0.2) is 6.08 Å². The molecule has 0 radical (unpaired) electrons. The molecule has 0 unspecified atom stereocenters. The number of hydrogen-bond acceptors (Lipinski definition) is 1. The fourth-order valence-electron chi connectivity index (χ4n) is 0.889. The molecule has 0 N–H and O–H groups in total. The van der Waals surface area contributed by atoms with Gasteiger partial charge in [-0.3, -0.25) is 6.08 Å². The first-order valence-corrected chi connectivity index (χ1v) is 15.5. The molecule has 0 aromatic carbocycles. The minimum atomic E-state index is -1.54. The zero-order chi connectivity index (χ0) is 13.4. The van der Waals surface area contributed by atoms with Crippen LogP contribution in [0.5, 0.6) is 0 Å². The molecule has 4 heteroatoms. The fourth-order valence-corrected chi connectivity index (χ4v) is 2.00. The van der Waals surface area contributed by atoms with Crippen molar-refractivity contribution in [1.29, 1.82) is 0 Å². The third-order valence-corrected chi connectivity index (χ3v) is 7.47. The van der Waals surface area contributed by atoms with Crippen LogP contribution in [0.2, 0.25) is 18.1 Å². The van der Waals surface area contributed by atoms with Gasteiger partial charge in [0.2, 0.25) is 0 Å². The Balaban J connectivity index is 0. The second-order valence-corrected chi connectivity index (χ2v) is 10.3. The van der Waals surface area contributed by atoms with Crippen molar-refractivity contribution in [2.75, 3.05) is 6.61 Å². The van der Waals surface area contributed by atoms with E-state index in [2.05, 4.69) is 66.6 Å². The molecule has 16 heavy (non-hydrogen) atoms. The van der Waals surface area contributed by atoms with Gasteiger partial charge in [0.15, 0.2) is 8.32 Å². The maximum absolute atomic E-state index is 6.08. The van der Waals surface area contributed by atoms with Crippen LogP contribution < -0.4 is 0 Å². The van der Waals surface area contributed by atoms with Gasteiger partial charge in [-0.2, -0.15) is 6.92 Å². The predicted octanol–water partition coefficient (Wildman–Crippen LogP) is 4.87. The maximum atomic E-state index is 6.08. The topological polar surface area (TPSA) is 9.23 Å². The summed E-state index contributed by atoms with van der Waals surface area (Å²) in [6.45, 7) is 16.3. The van der Waals surface area contributed by atoms with Gasteiger partial charge in [-0.05, 0) is 24.1 Å². The summed E-state index contributed by atoms with van der Waals surface area (Å²) in [5.41, 5.74) is 0. The Labute approximate surface area is 120 Å². The predicted molar refractivity (Wildman–Crippen MR) is 74.7 cm³/mol. The van der Waals surface area contributed by atoms with Crippen LogP contribution in [0.3, 0.4) is 0 Å². The van der Waals surface area contributed by atoms with Gasteiger partial charge in [0.1, 0.15) is 0 Å². The number of allylic oxidation sites excluding steroid dienone is 1. The molecule has 0 heterocycles. The molecular weight excluding hydrogens is 334 g/mol. The first kappa shape index (κ1) is 19.4. The van der Waals surface area contributed by atoms with Crippen LogP contribution in [0.25, 0.3) is 0 Å². The molecule has 0 saturated heterocycles. The van der Waals surface area contributed by atoms with E-state index in [1.54, 1.807) is 0 Å². The zero-order valence-corrected chi connectivity index (χ0v) is 17.4. The molecule has 1 nitrogen and oxygen atoms in total. The van der Waals surface area contributed by atoms with Crippen molar-refractivity contribution in [1.82, 2.24) is 0 Å². The monoisotopic (exact) mass is 356 g/mol. The molecule has 0 aromatic heterocycles. The van der Waals surface area contributed by atoms with E-state index < -0.39 is 8.32 Å². The Bertz CT molecular complexity index is 200. The van der Waals surface area contributed by atoms with Gasteiger partial charge in [0.25, 0.3) is 0 Å². The van der Waals surface area contributed by atoms with Crippen LogP contribution in [-0.4, -0.2) is 14.9 Å². The van der Waals surface area contributed by atoms with Gasteiger partial charge in [0, 0.05) is 6.61 Å². The second-order valence-electron chi connectivity index (χ2n) is 5.50. The van der Waals surface area contributed by atoms with E-state index >= 15 is 0 Å². The van der Waals surface area contributed by atoms with Crippen LogP contribution in [0.4, 0.5) is 0 Å². The quantitative estimate of drug-likeness (QED) is 0.515. The molecule has 0 aromatic rings. The standard InChI is InChI=1S/C12H25OSi.BrH.Zn/c1-8-9-11(2)10-13-14(6,7)12(3,4)5;;/h9,11H,10H2,1-7H3;1H;/q-1;;+2/p-1/t11-;;/m1../s1. The molecule has 1 atom stereocenters. The average Bonchev–Trinajstić information content (AvgIpc) is 2.17. The van der Waals surface area contributed by atoms with Gasteiger partial charge in [-0.1, -0.05) is 27.7 Å².